The normalized spacial score (nSPS) is 26.5. The van der Waals surface area contributed by atoms with Crippen molar-refractivity contribution in [3.63, 3.8) is 0 Å². The minimum Gasteiger partial charge on any atom is -0.477 e. The highest BCUT2D eigenvalue weighted by atomic mass is 16.8. The van der Waals surface area contributed by atoms with Crippen molar-refractivity contribution in [3.05, 3.63) is 36.5 Å². The summed E-state index contributed by atoms with van der Waals surface area (Å²) in [6.07, 6.45) is 39.0. The van der Waals surface area contributed by atoms with Crippen molar-refractivity contribution >= 4 is 17.8 Å². The van der Waals surface area contributed by atoms with E-state index in [-0.39, 0.29) is 12.3 Å². The Morgan fingerprint density at radius 2 is 0.933 bits per heavy atom. The fourth-order valence-corrected chi connectivity index (χ4v) is 14.3. The summed E-state index contributed by atoms with van der Waals surface area (Å²) < 4.78 is 34.9. The molecule has 3 fully saturated rings. The van der Waals surface area contributed by atoms with Crippen LogP contribution in [0.25, 0.3) is 0 Å². The van der Waals surface area contributed by atoms with E-state index in [0.29, 0.717) is 12.8 Å². The molecule has 18 unspecified atom stereocenters. The van der Waals surface area contributed by atoms with Crippen molar-refractivity contribution in [3.8, 4) is 0 Å². The zero-order valence-electron chi connectivity index (χ0n) is 64.4. The van der Waals surface area contributed by atoms with Gasteiger partial charge in [0.2, 0.25) is 11.8 Å². The fraction of sp³-hybridized carbons (Fsp3) is 0.889. The van der Waals surface area contributed by atoms with Crippen LogP contribution in [0.1, 0.15) is 323 Å². The van der Waals surface area contributed by atoms with Gasteiger partial charge in [0.15, 0.2) is 12.6 Å². The summed E-state index contributed by atoms with van der Waals surface area (Å²) >= 11 is 0. The van der Waals surface area contributed by atoms with E-state index >= 15 is 0 Å². The highest BCUT2D eigenvalue weighted by Crippen LogP contribution is 2.39. The first-order chi connectivity index (χ1) is 50.4. The summed E-state index contributed by atoms with van der Waals surface area (Å²) in [5.74, 6) is -6.14. The number of amides is 2. The first-order valence-corrected chi connectivity index (χ1v) is 41.4. The number of aliphatic hydroxyl groups excluding tert-OH is 11. The van der Waals surface area contributed by atoms with E-state index in [1.165, 1.54) is 225 Å². The monoisotopic (exact) mass is 1490 g/mol. The van der Waals surface area contributed by atoms with E-state index < -0.39 is 155 Å². The zero-order valence-corrected chi connectivity index (χ0v) is 64.4. The summed E-state index contributed by atoms with van der Waals surface area (Å²) in [4.78, 5) is 38.7. The summed E-state index contributed by atoms with van der Waals surface area (Å²) in [7, 11) is 0. The van der Waals surface area contributed by atoms with E-state index in [1.807, 2.05) is 6.08 Å². The summed E-state index contributed by atoms with van der Waals surface area (Å²) in [5, 5.41) is 136. The van der Waals surface area contributed by atoms with Gasteiger partial charge < -0.3 is 100 Å². The number of carbonyl (C=O) groups is 3. The van der Waals surface area contributed by atoms with Crippen molar-refractivity contribution in [1.82, 2.24) is 10.6 Å². The van der Waals surface area contributed by atoms with Gasteiger partial charge in [-0.25, -0.2) is 4.79 Å². The molecule has 0 aliphatic carbocycles. The van der Waals surface area contributed by atoms with Crippen LogP contribution in [0, 0.1) is 0 Å². The molecule has 14 N–H and O–H groups in total. The lowest BCUT2D eigenvalue weighted by Crippen LogP contribution is -2.70. The van der Waals surface area contributed by atoms with E-state index in [1.54, 1.807) is 6.08 Å². The SMILES string of the molecule is CCCCCCCCCCC/C=C\C/C=C\CCCCCCCCCCCCCCCCCC(=O)NC(COC1OC(CO)C(OC2OC(CO)C(O)C(OC3(C(=O)O)CC(O)C(NC(C)=O)C(C(O)C(O)CO)O3)C2O)C(O)C1O)C(O)/C=C/CCCCCCCCCCCCCCCCCCC. The predicted molar refractivity (Wildman–Crippen MR) is 403 cm³/mol. The molecule has 18 atom stereocenters. The molecule has 0 spiro atoms. The van der Waals surface area contributed by atoms with Crippen molar-refractivity contribution in [1.29, 1.82) is 0 Å². The van der Waals surface area contributed by atoms with Gasteiger partial charge in [-0.05, 0) is 51.4 Å². The molecule has 104 heavy (non-hydrogen) atoms. The first-order valence-electron chi connectivity index (χ1n) is 41.4. The fourth-order valence-electron chi connectivity index (χ4n) is 14.3. The van der Waals surface area contributed by atoms with Gasteiger partial charge in [0, 0.05) is 19.8 Å². The summed E-state index contributed by atoms with van der Waals surface area (Å²) in [6.45, 7) is 2.18. The van der Waals surface area contributed by atoms with Gasteiger partial charge in [-0.3, -0.25) is 9.59 Å². The maximum atomic E-state index is 13.5. The molecule has 23 nitrogen and oxygen atoms in total. The lowest BCUT2D eigenvalue weighted by molar-refractivity contribution is -0.386. The second-order valence-corrected chi connectivity index (χ2v) is 30.0. The highest BCUT2D eigenvalue weighted by Gasteiger charge is 2.60. The van der Waals surface area contributed by atoms with Gasteiger partial charge in [-0.2, -0.15) is 0 Å². The Morgan fingerprint density at radius 1 is 0.510 bits per heavy atom. The molecule has 0 bridgehead atoms. The van der Waals surface area contributed by atoms with E-state index in [2.05, 4.69) is 48.8 Å². The second kappa shape index (κ2) is 59.8. The molecule has 3 saturated heterocycles. The lowest BCUT2D eigenvalue weighted by Gasteiger charge is -2.50. The predicted octanol–water partition coefficient (Wildman–Crippen LogP) is 11.3. The van der Waals surface area contributed by atoms with Crippen LogP contribution < -0.4 is 10.6 Å². The molecule has 3 rings (SSSR count). The minimum atomic E-state index is -3.08. The number of allylic oxidation sites excluding steroid dienone is 5. The first kappa shape index (κ1) is 95.2. The van der Waals surface area contributed by atoms with Gasteiger partial charge >= 0.3 is 5.97 Å². The van der Waals surface area contributed by atoms with Gasteiger partial charge in [-0.1, -0.05) is 288 Å². The summed E-state index contributed by atoms with van der Waals surface area (Å²) in [6, 6.07) is -2.62. The number of hydrogen-bond acceptors (Lipinski definition) is 20. The van der Waals surface area contributed by atoms with Crippen molar-refractivity contribution < 1.29 is 104 Å². The Balaban J connectivity index is 1.49. The number of nitrogens with one attached hydrogen (secondary N) is 2. The lowest BCUT2D eigenvalue weighted by atomic mass is 9.88. The van der Waals surface area contributed by atoms with Crippen LogP contribution in [0.3, 0.4) is 0 Å². The molecule has 608 valence electrons. The average molecular weight is 1490 g/mol. The third-order valence-electron chi connectivity index (χ3n) is 20.8. The molecule has 0 aromatic rings. The van der Waals surface area contributed by atoms with Crippen molar-refractivity contribution in [2.45, 2.75) is 432 Å². The Labute approximate surface area is 625 Å². The zero-order chi connectivity index (χ0) is 76.0. The smallest absolute Gasteiger partial charge is 0.364 e. The Hall–Kier alpha value is -3.05. The minimum absolute atomic E-state index is 0.201. The maximum absolute atomic E-state index is 13.5. The number of ether oxygens (including phenoxy) is 6. The Morgan fingerprint density at radius 3 is 1.36 bits per heavy atom. The molecule has 0 aromatic heterocycles. The van der Waals surface area contributed by atoms with Gasteiger partial charge in [0.25, 0.3) is 5.79 Å². The molecule has 3 aliphatic heterocycles. The Kier molecular flexibility index (Phi) is 54.7. The average Bonchev–Trinajstić information content (AvgIpc) is 0.755. The van der Waals surface area contributed by atoms with Crippen LogP contribution in [0.5, 0.6) is 0 Å². The molecule has 0 radical (unpaired) electrons. The van der Waals surface area contributed by atoms with Gasteiger partial charge in [0.05, 0.1) is 50.7 Å². The number of aliphatic carboxylic acids is 1. The van der Waals surface area contributed by atoms with Gasteiger partial charge in [0.1, 0.15) is 67.1 Å². The third kappa shape index (κ3) is 39.5. The molecule has 23 heteroatoms. The number of carboxylic acids is 1. The van der Waals surface area contributed by atoms with Crippen LogP contribution in [0.4, 0.5) is 0 Å². The number of rotatable bonds is 65. The largest absolute Gasteiger partial charge is 0.477 e. The van der Waals surface area contributed by atoms with Crippen LogP contribution in [-0.2, 0) is 42.8 Å². The molecular weight excluding hydrogens is 1340 g/mol. The van der Waals surface area contributed by atoms with Crippen LogP contribution >= 0.6 is 0 Å². The molecule has 2 amide bonds. The maximum Gasteiger partial charge on any atom is 0.364 e. The summed E-state index contributed by atoms with van der Waals surface area (Å²) in [5.41, 5.74) is 0. The number of unbranched alkanes of at least 4 members (excludes halogenated alkanes) is 41. The molecule has 3 aliphatic rings. The molecule has 0 aromatic carbocycles. The Bertz CT molecular complexity index is 2210. The topological polar surface area (TPSA) is 373 Å². The number of carbonyl (C=O) groups excluding carboxylic acids is 2. The third-order valence-corrected chi connectivity index (χ3v) is 20.8. The van der Waals surface area contributed by atoms with E-state index in [4.69, 9.17) is 28.4 Å². The molecule has 3 heterocycles. The van der Waals surface area contributed by atoms with Crippen LogP contribution in [0.2, 0.25) is 0 Å². The number of carboxylic acid groups (broad SMARTS) is 1. The quantitative estimate of drug-likeness (QED) is 0.0199. The van der Waals surface area contributed by atoms with Crippen LogP contribution in [0.15, 0.2) is 36.5 Å². The van der Waals surface area contributed by atoms with Crippen molar-refractivity contribution in [2.24, 2.45) is 0 Å². The number of hydrogen-bond donors (Lipinski definition) is 14. The molecule has 0 saturated carbocycles. The molecular formula is C81H148N2O21. The van der Waals surface area contributed by atoms with Gasteiger partial charge in [-0.15, -0.1) is 0 Å². The second-order valence-electron chi connectivity index (χ2n) is 30.0. The van der Waals surface area contributed by atoms with E-state index in [0.717, 1.165) is 58.3 Å². The van der Waals surface area contributed by atoms with Crippen LogP contribution in [-0.4, -0.2) is 215 Å². The number of aliphatic hydroxyl groups is 11. The van der Waals surface area contributed by atoms with Crippen molar-refractivity contribution in [2.75, 3.05) is 26.4 Å². The highest BCUT2D eigenvalue weighted by molar-refractivity contribution is 5.77. The standard InChI is InChI=1S/C81H148N2O21/c1-4-6-8-10-12-14-16-18-20-22-24-25-26-27-28-29-30-31-32-33-34-35-37-39-41-43-45-47-49-51-53-55-68(91)83-62(63(88)54-52-50-48-46-44-42-40-38-36-23-21-19-17-15-13-11-9-7-5-2)60-99-78-73(95)72(94)75(67(59-86)101-78)102-79-74(96)77(71(93)66(58-85)100-79)104-81(80(97)98)56-64(89)69(82-61(3)87)76(103-81)70(92)65(90)57-84/h24-25,27-28,52,54,62-67,69-79,84-86,88-90,92-96H,4-23,26,29-51,53,55-60H2,1-3H3,(H,82,87)(H,83,91)(H,97,98)/b25-24-,28-27-,54-52+. The van der Waals surface area contributed by atoms with E-state index in [9.17, 15) is 75.7 Å².